The third-order valence-electron chi connectivity index (χ3n) is 4.51. The van der Waals surface area contributed by atoms with E-state index in [1.807, 2.05) is 31.3 Å². The number of aliphatic hydroxyl groups is 1. The predicted octanol–water partition coefficient (Wildman–Crippen LogP) is 1.50. The predicted molar refractivity (Wildman–Crippen MR) is 91.6 cm³/mol. The van der Waals surface area contributed by atoms with Crippen LogP contribution in [0, 0.1) is 0 Å². The number of aromatic amines is 1. The van der Waals surface area contributed by atoms with Crippen molar-refractivity contribution in [3.8, 4) is 11.4 Å². The van der Waals surface area contributed by atoms with Gasteiger partial charge in [0.15, 0.2) is 5.82 Å². The Labute approximate surface area is 145 Å². The number of hydrogen-bond acceptors (Lipinski definition) is 4. The van der Waals surface area contributed by atoms with Gasteiger partial charge in [-0.05, 0) is 11.6 Å². The fraction of sp³-hybridized carbons (Fsp3) is 0.278. The summed E-state index contributed by atoms with van der Waals surface area (Å²) in [5.74, 6) is 1.14. The van der Waals surface area contributed by atoms with Crippen LogP contribution in [0.4, 0.5) is 0 Å². The smallest absolute Gasteiger partial charge is 0.290 e. The van der Waals surface area contributed by atoms with Crippen molar-refractivity contribution in [2.45, 2.75) is 19.6 Å². The molecule has 1 aliphatic heterocycles. The normalized spacial score (nSPS) is 13.8. The van der Waals surface area contributed by atoms with E-state index in [1.54, 1.807) is 21.9 Å². The minimum atomic E-state index is -0.0726. The summed E-state index contributed by atoms with van der Waals surface area (Å²) in [6, 6.07) is 7.65. The van der Waals surface area contributed by atoms with Gasteiger partial charge in [0.25, 0.3) is 5.91 Å². The van der Waals surface area contributed by atoms with Gasteiger partial charge in [0.2, 0.25) is 0 Å². The van der Waals surface area contributed by atoms with Gasteiger partial charge in [-0.25, -0.2) is 9.97 Å². The average molecular weight is 337 g/mol. The summed E-state index contributed by atoms with van der Waals surface area (Å²) in [5, 5.41) is 9.30. The molecule has 0 saturated carbocycles. The van der Waals surface area contributed by atoms with E-state index in [-0.39, 0.29) is 12.5 Å². The Bertz CT molecular complexity index is 927. The third kappa shape index (κ3) is 2.83. The topological polar surface area (TPSA) is 87.0 Å². The lowest BCUT2D eigenvalue weighted by molar-refractivity contribution is 0.0716. The van der Waals surface area contributed by atoms with E-state index >= 15 is 0 Å². The lowest BCUT2D eigenvalue weighted by Crippen LogP contribution is -2.37. The molecule has 0 atom stereocenters. The molecule has 0 unspecified atom stereocenters. The van der Waals surface area contributed by atoms with Crippen molar-refractivity contribution in [3.63, 3.8) is 0 Å². The molecule has 1 aromatic carbocycles. The first-order valence-corrected chi connectivity index (χ1v) is 8.20. The molecular weight excluding hydrogens is 318 g/mol. The van der Waals surface area contributed by atoms with E-state index in [4.69, 9.17) is 0 Å². The second-order valence-corrected chi connectivity index (χ2v) is 6.21. The molecule has 1 amide bonds. The maximum Gasteiger partial charge on any atom is 0.290 e. The van der Waals surface area contributed by atoms with Gasteiger partial charge in [-0.3, -0.25) is 4.79 Å². The minimum absolute atomic E-state index is 0.000206. The second kappa shape index (κ2) is 6.18. The highest BCUT2D eigenvalue weighted by Gasteiger charge is 2.26. The molecule has 7 nitrogen and oxygen atoms in total. The number of imidazole rings is 2. The number of nitrogens with zero attached hydrogens (tertiary/aromatic N) is 4. The number of carbonyl (C=O) groups is 1. The fourth-order valence-corrected chi connectivity index (χ4v) is 3.13. The van der Waals surface area contributed by atoms with Crippen LogP contribution in [0.5, 0.6) is 0 Å². The zero-order valence-corrected chi connectivity index (χ0v) is 13.9. The first kappa shape index (κ1) is 15.6. The number of nitrogens with one attached hydrogen (secondary N) is 1. The molecule has 0 fully saturated rings. The van der Waals surface area contributed by atoms with Crippen LogP contribution < -0.4 is 0 Å². The summed E-state index contributed by atoms with van der Waals surface area (Å²) in [5.41, 5.74) is 3.73. The quantitative estimate of drug-likeness (QED) is 0.758. The number of amides is 1. The Hall–Kier alpha value is -2.93. The van der Waals surface area contributed by atoms with E-state index in [1.165, 1.54) is 0 Å². The van der Waals surface area contributed by atoms with Crippen LogP contribution in [-0.2, 0) is 26.6 Å². The molecular formula is C18H19N5O2. The molecule has 25 heavy (non-hydrogen) atoms. The number of fused-ring (bicyclic) bond motifs is 1. The van der Waals surface area contributed by atoms with Gasteiger partial charge in [0.05, 0.1) is 24.5 Å². The Balaban J connectivity index is 1.59. The van der Waals surface area contributed by atoms with Crippen LogP contribution >= 0.6 is 0 Å². The number of hydrogen-bond donors (Lipinski definition) is 2. The summed E-state index contributed by atoms with van der Waals surface area (Å²) < 4.78 is 1.73. The van der Waals surface area contributed by atoms with E-state index in [2.05, 4.69) is 15.0 Å². The third-order valence-corrected chi connectivity index (χ3v) is 4.51. The number of benzene rings is 1. The van der Waals surface area contributed by atoms with Gasteiger partial charge in [-0.15, -0.1) is 0 Å². The Morgan fingerprint density at radius 2 is 2.28 bits per heavy atom. The van der Waals surface area contributed by atoms with Crippen molar-refractivity contribution in [3.05, 3.63) is 59.4 Å². The SMILES string of the molecule is Cn1ccnc1C(=O)N1CCc2nc(-c3cccc(CO)c3)[nH]c2C1. The maximum atomic E-state index is 12.6. The van der Waals surface area contributed by atoms with Gasteiger partial charge in [0.1, 0.15) is 5.82 Å². The van der Waals surface area contributed by atoms with E-state index < -0.39 is 0 Å². The van der Waals surface area contributed by atoms with Crippen molar-refractivity contribution in [1.82, 2.24) is 24.4 Å². The second-order valence-electron chi connectivity index (χ2n) is 6.21. The molecule has 0 radical (unpaired) electrons. The molecule has 0 aliphatic carbocycles. The summed E-state index contributed by atoms with van der Waals surface area (Å²) in [7, 11) is 1.82. The fourth-order valence-electron chi connectivity index (χ4n) is 3.13. The van der Waals surface area contributed by atoms with E-state index in [0.29, 0.717) is 25.3 Å². The highest BCUT2D eigenvalue weighted by molar-refractivity contribution is 5.90. The lowest BCUT2D eigenvalue weighted by Gasteiger charge is -2.25. The number of aryl methyl sites for hydroxylation is 1. The molecule has 3 heterocycles. The standard InChI is InChI=1S/C18H19N5O2/c1-22-8-6-19-17(22)18(25)23-7-5-14-15(10-23)21-16(20-14)13-4-2-3-12(9-13)11-24/h2-4,6,8-9,24H,5,7,10-11H2,1H3,(H,20,21). The molecule has 1 aliphatic rings. The zero-order chi connectivity index (χ0) is 17.4. The summed E-state index contributed by atoms with van der Waals surface area (Å²) >= 11 is 0. The molecule has 0 saturated heterocycles. The van der Waals surface area contributed by atoms with E-state index in [9.17, 15) is 9.90 Å². The number of aliphatic hydroxyl groups excluding tert-OH is 1. The van der Waals surface area contributed by atoms with Crippen molar-refractivity contribution in [2.24, 2.45) is 7.05 Å². The van der Waals surface area contributed by atoms with Crippen LogP contribution in [0.2, 0.25) is 0 Å². The van der Waals surface area contributed by atoms with Crippen LogP contribution in [0.3, 0.4) is 0 Å². The van der Waals surface area contributed by atoms with Crippen LogP contribution in [-0.4, -0.2) is 42.0 Å². The molecule has 0 spiro atoms. The Kier molecular flexibility index (Phi) is 3.85. The number of aromatic nitrogens is 4. The van der Waals surface area contributed by atoms with Gasteiger partial charge in [-0.1, -0.05) is 18.2 Å². The monoisotopic (exact) mass is 337 g/mol. The summed E-state index contributed by atoms with van der Waals surface area (Å²) in [4.78, 5) is 26.6. The molecule has 128 valence electrons. The minimum Gasteiger partial charge on any atom is -0.392 e. The van der Waals surface area contributed by atoms with Crippen molar-refractivity contribution < 1.29 is 9.90 Å². The molecule has 0 bridgehead atoms. The number of carbonyl (C=O) groups excluding carboxylic acids is 1. The van der Waals surface area contributed by atoms with Crippen LogP contribution in [0.15, 0.2) is 36.7 Å². The number of rotatable bonds is 3. The Morgan fingerprint density at radius 1 is 1.40 bits per heavy atom. The zero-order valence-electron chi connectivity index (χ0n) is 13.9. The van der Waals surface area contributed by atoms with Gasteiger partial charge < -0.3 is 19.6 Å². The van der Waals surface area contributed by atoms with Gasteiger partial charge >= 0.3 is 0 Å². The van der Waals surface area contributed by atoms with Gasteiger partial charge in [0, 0.05) is 38.0 Å². The lowest BCUT2D eigenvalue weighted by atomic mass is 10.1. The van der Waals surface area contributed by atoms with E-state index in [0.717, 1.165) is 28.3 Å². The average Bonchev–Trinajstić information content (AvgIpc) is 3.26. The first-order chi connectivity index (χ1) is 12.2. The van der Waals surface area contributed by atoms with Crippen LogP contribution in [0.1, 0.15) is 27.6 Å². The maximum absolute atomic E-state index is 12.6. The van der Waals surface area contributed by atoms with Crippen molar-refractivity contribution in [1.29, 1.82) is 0 Å². The Morgan fingerprint density at radius 3 is 3.04 bits per heavy atom. The summed E-state index contributed by atoms with van der Waals surface area (Å²) in [6.07, 6.45) is 4.11. The first-order valence-electron chi connectivity index (χ1n) is 8.20. The van der Waals surface area contributed by atoms with Crippen molar-refractivity contribution >= 4 is 5.91 Å². The van der Waals surface area contributed by atoms with Crippen molar-refractivity contribution in [2.75, 3.05) is 6.54 Å². The van der Waals surface area contributed by atoms with Gasteiger partial charge in [-0.2, -0.15) is 0 Å². The molecule has 4 rings (SSSR count). The van der Waals surface area contributed by atoms with Crippen LogP contribution in [0.25, 0.3) is 11.4 Å². The highest BCUT2D eigenvalue weighted by atomic mass is 16.3. The molecule has 7 heteroatoms. The summed E-state index contributed by atoms with van der Waals surface area (Å²) in [6.45, 7) is 1.12. The molecule has 3 aromatic rings. The highest BCUT2D eigenvalue weighted by Crippen LogP contribution is 2.24. The molecule has 2 N–H and O–H groups in total. The molecule has 2 aromatic heterocycles. The largest absolute Gasteiger partial charge is 0.392 e. The number of H-pyrrole nitrogens is 1.